The zero-order chi connectivity index (χ0) is 72.2. The van der Waals surface area contributed by atoms with Crippen molar-refractivity contribution in [1.29, 1.82) is 0 Å². The van der Waals surface area contributed by atoms with Crippen LogP contribution in [0.4, 0.5) is 34.1 Å². The molecule has 0 bridgehead atoms. The van der Waals surface area contributed by atoms with Crippen LogP contribution in [0.15, 0.2) is 109 Å². The Morgan fingerprint density at radius 3 is 1.32 bits per heavy atom. The second-order valence-electron chi connectivity index (χ2n) is 23.5. The maximum Gasteiger partial charge on any atom is 0.293 e. The summed E-state index contributed by atoms with van der Waals surface area (Å²) in [5.74, 6) is 0. The maximum atomic E-state index is 10.2. The molecule has 0 saturated heterocycles. The van der Waals surface area contributed by atoms with Gasteiger partial charge in [-0.2, -0.15) is 0 Å². The fraction of sp³-hybridized carbons (Fsp3) is 0.600. The van der Waals surface area contributed by atoms with Crippen LogP contribution in [0.5, 0.6) is 0 Å². The number of aryl methyl sites for hydroxylation is 1. The highest BCUT2D eigenvalue weighted by Crippen LogP contribution is 2.27. The van der Waals surface area contributed by atoms with E-state index in [0.29, 0.717) is 55.6 Å². The zero-order valence-corrected chi connectivity index (χ0v) is 63.9. The molecule has 0 atom stereocenters. The number of hydrogen-bond acceptors (Lipinski definition) is 15. The summed E-state index contributed by atoms with van der Waals surface area (Å²) in [4.78, 5) is 16.5. The van der Waals surface area contributed by atoms with E-state index < -0.39 is 4.92 Å². The second kappa shape index (κ2) is 64.0. The van der Waals surface area contributed by atoms with Gasteiger partial charge in [0.2, 0.25) is 0 Å². The fourth-order valence-corrected chi connectivity index (χ4v) is 10.8. The largest absolute Gasteiger partial charge is 0.399 e. The van der Waals surface area contributed by atoms with E-state index in [1.54, 1.807) is 36.4 Å². The smallest absolute Gasteiger partial charge is 0.293 e. The molecule has 0 aromatic heterocycles. The Balaban J connectivity index is 0. The minimum absolute atomic E-state index is 0.124. The molecule has 3 aliphatic rings. The number of para-hydroxylation sites is 1. The summed E-state index contributed by atoms with van der Waals surface area (Å²) in [5, 5.41) is 47.5. The Bertz CT molecular complexity index is 2500. The molecule has 0 spiro atoms. The summed E-state index contributed by atoms with van der Waals surface area (Å²) in [6.45, 7) is 30.8. The standard InChI is InChI=1S/C12H23N.C11H17N.C10H15N.C8H19N.2C6H5Cl2N.C6H5ClN2O2.C6H15NO.C6H13N.C4H11NO2/c1-3-7-11(8-4-1)13-12-9-5-2-6-10-12;1-4-12(5-2)11-8-6-7-10(3)9-11;1-3-11(4-2)10-8-6-5-7-9-10;1-3-5-7-9-8-6-4-2;7-5-2-1-4(9)3-6(5)8;7-4-1-2-5(8)6(9)3-4;7-4-1-2-5(8)6(3-4)9(10)11;1-3-7(4-2)5-6-8;7-6-4-2-1-3-5-6;6-3-1-5-2-4-7/h11-13H,1-10H2;6-9H,4-5H2,1-3H3;5-9H,3-4H2,1-2H3;9H,3-8H2,1-2H3;2*1-3H,9H2;1-3H,8H2;8H,3-6H2,1-2H3;6H,1-5,7H2;5-7H,1-4H2. The van der Waals surface area contributed by atoms with Crippen LogP contribution in [0, 0.1) is 17.0 Å². The van der Waals surface area contributed by atoms with Crippen LogP contribution in [0.3, 0.4) is 0 Å². The third-order valence-electron chi connectivity index (χ3n) is 15.7. The fourth-order valence-electron chi connectivity index (χ4n) is 10.0. The lowest BCUT2D eigenvalue weighted by atomic mass is 9.91. The molecule has 3 saturated carbocycles. The summed E-state index contributed by atoms with van der Waals surface area (Å²) < 4.78 is 0. The number of unbranched alkanes of at least 4 members (excludes halogenated alkanes) is 2. The first kappa shape index (κ1) is 93.7. The Labute approximate surface area is 606 Å². The Kier molecular flexibility index (Phi) is 62.5. The quantitative estimate of drug-likeness (QED) is 0.0126. The molecule has 0 unspecified atom stereocenters. The molecular formula is C75H128Cl5N11O5. The number of nitro benzene ring substituents is 1. The minimum atomic E-state index is -0.568. The van der Waals surface area contributed by atoms with Gasteiger partial charge in [0.05, 0.1) is 45.5 Å². The van der Waals surface area contributed by atoms with Gasteiger partial charge in [0.1, 0.15) is 5.69 Å². The molecule has 0 amide bonds. The van der Waals surface area contributed by atoms with E-state index in [2.05, 4.69) is 141 Å². The lowest BCUT2D eigenvalue weighted by Crippen LogP contribution is -2.40. The number of nitro groups is 1. The van der Waals surface area contributed by atoms with Gasteiger partial charge in [-0.25, -0.2) is 0 Å². The molecule has 8 rings (SSSR count). The number of nitrogens with two attached hydrogens (primary N) is 4. The van der Waals surface area contributed by atoms with E-state index in [4.69, 9.17) is 96.3 Å². The van der Waals surface area contributed by atoms with Crippen molar-refractivity contribution in [2.45, 2.75) is 202 Å². The highest BCUT2D eigenvalue weighted by Gasteiger charge is 2.19. The van der Waals surface area contributed by atoms with Crippen molar-refractivity contribution in [2.24, 2.45) is 5.73 Å². The van der Waals surface area contributed by atoms with Crippen molar-refractivity contribution in [3.8, 4) is 0 Å². The minimum Gasteiger partial charge on any atom is -0.399 e. The highest BCUT2D eigenvalue weighted by molar-refractivity contribution is 6.42. The van der Waals surface area contributed by atoms with Crippen LogP contribution in [-0.2, 0) is 0 Å². The predicted molar refractivity (Wildman–Crippen MR) is 422 cm³/mol. The maximum absolute atomic E-state index is 10.2. The van der Waals surface area contributed by atoms with Crippen LogP contribution in [-0.4, -0.2) is 135 Å². The Morgan fingerprint density at radius 1 is 0.490 bits per heavy atom. The zero-order valence-electron chi connectivity index (χ0n) is 60.1. The Hall–Kier alpha value is -4.37. The lowest BCUT2D eigenvalue weighted by Gasteiger charge is -2.30. The van der Waals surface area contributed by atoms with Gasteiger partial charge in [-0.15, -0.1) is 0 Å². The van der Waals surface area contributed by atoms with E-state index in [1.165, 1.54) is 170 Å². The van der Waals surface area contributed by atoms with Crippen molar-refractivity contribution in [1.82, 2.24) is 20.9 Å². The first-order valence-electron chi connectivity index (χ1n) is 35.4. The average molecular weight is 1440 g/mol. The van der Waals surface area contributed by atoms with Crippen LogP contribution >= 0.6 is 58.0 Å². The van der Waals surface area contributed by atoms with Crippen molar-refractivity contribution in [3.05, 3.63) is 150 Å². The molecule has 5 aromatic rings. The molecule has 96 heavy (non-hydrogen) atoms. The third-order valence-corrected chi connectivity index (χ3v) is 17.3. The summed E-state index contributed by atoms with van der Waals surface area (Å²) in [5.41, 5.74) is 26.8. The van der Waals surface area contributed by atoms with Crippen LogP contribution in [0.25, 0.3) is 0 Å². The third kappa shape index (κ3) is 50.9. The van der Waals surface area contributed by atoms with Crippen molar-refractivity contribution in [3.63, 3.8) is 0 Å². The second-order valence-corrected chi connectivity index (χ2v) is 25.6. The van der Waals surface area contributed by atoms with Gasteiger partial charge in [0, 0.05) is 97.1 Å². The molecular weight excluding hydrogens is 1310 g/mol. The van der Waals surface area contributed by atoms with Gasteiger partial charge in [0.15, 0.2) is 0 Å². The number of nitrogens with zero attached hydrogens (tertiary/aromatic N) is 4. The van der Waals surface area contributed by atoms with Gasteiger partial charge >= 0.3 is 0 Å². The number of nitrogens with one attached hydrogen (secondary N) is 3. The summed E-state index contributed by atoms with van der Waals surface area (Å²) in [6, 6.07) is 35.5. The molecule has 3 fully saturated rings. The molecule has 0 radical (unpaired) electrons. The van der Waals surface area contributed by atoms with Crippen LogP contribution in [0.1, 0.15) is 183 Å². The SMILES string of the molecule is C1CCC(NC2CCCCC2)CC1.CCCCNCCCC.CCN(CC)CCO.CCN(CC)c1cccc(C)c1.CCN(CC)c1ccccc1.NC1CCCCC1.Nc1cc(Cl)ccc1Cl.Nc1ccc(Cl)c(Cl)c1.Nc1ccc(Cl)cc1[N+](=O)[O-].OCCNCCO. The first-order valence-corrected chi connectivity index (χ1v) is 37.3. The van der Waals surface area contributed by atoms with Gasteiger partial charge in [0.25, 0.3) is 5.69 Å². The number of halogens is 5. The normalized spacial score (nSPS) is 13.3. The molecule has 16 nitrogen and oxygen atoms in total. The van der Waals surface area contributed by atoms with E-state index in [1.807, 2.05) is 6.07 Å². The summed E-state index contributed by atoms with van der Waals surface area (Å²) >= 11 is 27.9. The molecule has 0 aliphatic heterocycles. The first-order chi connectivity index (χ1) is 46.2. The number of aliphatic hydroxyl groups excluding tert-OH is 3. The number of rotatable bonds is 23. The lowest BCUT2D eigenvalue weighted by molar-refractivity contribution is -0.383. The van der Waals surface area contributed by atoms with Gasteiger partial charge in [-0.1, -0.05) is 187 Å². The number of anilines is 5. The van der Waals surface area contributed by atoms with Gasteiger partial charge in [-0.3, -0.25) is 10.1 Å². The van der Waals surface area contributed by atoms with E-state index in [9.17, 15) is 10.1 Å². The molecule has 14 N–H and O–H groups in total. The molecule has 0 heterocycles. The molecule has 3 aliphatic carbocycles. The van der Waals surface area contributed by atoms with Crippen LogP contribution < -0.4 is 48.7 Å². The average Bonchev–Trinajstić information content (AvgIpc) is 1.17. The van der Waals surface area contributed by atoms with E-state index >= 15 is 0 Å². The number of likely N-dealkylation sites (N-methyl/N-ethyl adjacent to an activating group) is 1. The topological polar surface area (TPSA) is 254 Å². The van der Waals surface area contributed by atoms with Gasteiger partial charge in [-0.05, 0) is 191 Å². The molecule has 548 valence electrons. The number of hydrogen-bond donors (Lipinski definition) is 10. The monoisotopic (exact) mass is 1440 g/mol. The van der Waals surface area contributed by atoms with Crippen LogP contribution in [0.2, 0.25) is 25.1 Å². The van der Waals surface area contributed by atoms with Crippen molar-refractivity contribution < 1.29 is 20.2 Å². The Morgan fingerprint density at radius 2 is 0.948 bits per heavy atom. The number of aliphatic hydroxyl groups is 3. The number of nitrogen functional groups attached to an aromatic ring is 3. The van der Waals surface area contributed by atoms with Crippen molar-refractivity contribution >= 4 is 92.1 Å². The number of benzene rings is 5. The van der Waals surface area contributed by atoms with Gasteiger partial charge < -0.3 is 68.9 Å². The van der Waals surface area contributed by atoms with E-state index in [0.717, 1.165) is 57.9 Å². The molecule has 5 aromatic carbocycles. The van der Waals surface area contributed by atoms with Crippen molar-refractivity contribution in [2.75, 3.05) is 119 Å². The predicted octanol–water partition coefficient (Wildman–Crippen LogP) is 17.9. The van der Waals surface area contributed by atoms with E-state index in [-0.39, 0.29) is 31.2 Å². The molecule has 21 heteroatoms. The highest BCUT2D eigenvalue weighted by atomic mass is 35.5. The summed E-state index contributed by atoms with van der Waals surface area (Å²) in [6.07, 6.45) is 26.5. The summed E-state index contributed by atoms with van der Waals surface area (Å²) in [7, 11) is 0.